The summed E-state index contributed by atoms with van der Waals surface area (Å²) < 4.78 is 6.08. The number of ether oxygens (including phenoxy) is 1. The quantitative estimate of drug-likeness (QED) is 0.526. The number of carbonyl (C=O) groups excluding carboxylic acids is 1. The summed E-state index contributed by atoms with van der Waals surface area (Å²) in [6.45, 7) is 3.32. The van der Waals surface area contributed by atoms with Crippen LogP contribution in [0.15, 0.2) is 18.3 Å². The van der Waals surface area contributed by atoms with Crippen LogP contribution in [0.2, 0.25) is 0 Å². The summed E-state index contributed by atoms with van der Waals surface area (Å²) in [5.74, 6) is -0.727. The Kier molecular flexibility index (Phi) is 4.05. The zero-order valence-electron chi connectivity index (χ0n) is 12.8. The van der Waals surface area contributed by atoms with Gasteiger partial charge < -0.3 is 15.0 Å². The van der Waals surface area contributed by atoms with E-state index in [0.29, 0.717) is 16.8 Å². The largest absolute Gasteiger partial charge is 0.464 e. The van der Waals surface area contributed by atoms with Crippen molar-refractivity contribution in [3.63, 3.8) is 0 Å². The first-order chi connectivity index (χ1) is 10.8. The second-order valence-electron chi connectivity index (χ2n) is 4.91. The number of benzene rings is 1. The fraction of sp³-hybridized carbons (Fsp3) is 0.200. The van der Waals surface area contributed by atoms with E-state index in [1.165, 1.54) is 23.9 Å². The lowest BCUT2D eigenvalue weighted by atomic mass is 10.1. The fourth-order valence-electron chi connectivity index (χ4n) is 2.48. The molecule has 0 saturated carbocycles. The molecule has 0 saturated heterocycles. The predicted molar refractivity (Wildman–Crippen MR) is 82.4 cm³/mol. The lowest BCUT2D eigenvalue weighted by molar-refractivity contribution is -0.385. The summed E-state index contributed by atoms with van der Waals surface area (Å²) in [4.78, 5) is 22.7. The summed E-state index contributed by atoms with van der Waals surface area (Å²) in [7, 11) is 1.19. The Hall–Kier alpha value is -3.34. The molecule has 2 aromatic rings. The first kappa shape index (κ1) is 16.0. The average molecular weight is 314 g/mol. The number of carbonyl (C=O) groups is 1. The van der Waals surface area contributed by atoms with E-state index in [1.807, 2.05) is 6.07 Å². The zero-order chi connectivity index (χ0) is 17.3. The molecule has 0 bridgehead atoms. The number of methoxy groups -OCH3 is 1. The number of aryl methyl sites for hydroxylation is 1. The summed E-state index contributed by atoms with van der Waals surface area (Å²) in [6, 6.07) is 4.86. The summed E-state index contributed by atoms with van der Waals surface area (Å²) in [5, 5.41) is 20.3. The number of aromatic nitrogens is 1. The maximum absolute atomic E-state index is 12.0. The van der Waals surface area contributed by atoms with E-state index in [9.17, 15) is 14.9 Å². The van der Waals surface area contributed by atoms with Gasteiger partial charge >= 0.3 is 5.97 Å². The van der Waals surface area contributed by atoms with Crippen molar-refractivity contribution in [1.82, 2.24) is 4.57 Å². The molecule has 0 radical (unpaired) electrons. The minimum absolute atomic E-state index is 0.0235. The van der Waals surface area contributed by atoms with Crippen LogP contribution in [0.4, 0.5) is 11.4 Å². The Balaban J connectivity index is 2.88. The van der Waals surface area contributed by atoms with Gasteiger partial charge in [-0.05, 0) is 19.4 Å². The highest BCUT2D eigenvalue weighted by Gasteiger charge is 2.25. The highest BCUT2D eigenvalue weighted by Crippen LogP contribution is 2.32. The molecular weight excluding hydrogens is 300 g/mol. The third kappa shape index (κ3) is 2.48. The molecule has 2 N–H and O–H groups in total. The van der Waals surface area contributed by atoms with E-state index in [4.69, 9.17) is 15.7 Å². The zero-order valence-corrected chi connectivity index (χ0v) is 12.8. The molecule has 1 aromatic heterocycles. The Morgan fingerprint density at radius 3 is 2.61 bits per heavy atom. The number of anilines is 1. The Morgan fingerprint density at radius 1 is 1.43 bits per heavy atom. The van der Waals surface area contributed by atoms with Gasteiger partial charge in [0.15, 0.2) is 5.69 Å². The molecule has 0 amide bonds. The van der Waals surface area contributed by atoms with Crippen molar-refractivity contribution in [2.75, 3.05) is 12.8 Å². The first-order valence-corrected chi connectivity index (χ1v) is 6.57. The third-order valence-electron chi connectivity index (χ3n) is 3.59. The van der Waals surface area contributed by atoms with Gasteiger partial charge in [-0.25, -0.2) is 4.79 Å². The molecule has 0 aliphatic heterocycles. The van der Waals surface area contributed by atoms with Gasteiger partial charge in [-0.3, -0.25) is 10.1 Å². The SMILES string of the molecule is COC(=O)c1c(N)c(C#N)cn1-c1c(C)ccc([N+](=O)[O-])c1C. The lowest BCUT2D eigenvalue weighted by Crippen LogP contribution is -2.13. The van der Waals surface area contributed by atoms with Gasteiger partial charge in [0.05, 0.1) is 34.5 Å². The number of nitriles is 1. The molecule has 0 spiro atoms. The maximum Gasteiger partial charge on any atom is 0.357 e. The van der Waals surface area contributed by atoms with Crippen LogP contribution < -0.4 is 5.73 Å². The number of esters is 1. The number of rotatable bonds is 3. The van der Waals surface area contributed by atoms with Crippen LogP contribution in [-0.4, -0.2) is 22.6 Å². The maximum atomic E-state index is 12.0. The standard InChI is InChI=1S/C15H14N4O4/c1-8-4-5-11(19(21)22)9(2)13(8)18-7-10(6-16)12(17)14(18)15(20)23-3/h4-5,7H,17H2,1-3H3. The molecule has 23 heavy (non-hydrogen) atoms. The van der Waals surface area contributed by atoms with Crippen molar-refractivity contribution < 1.29 is 14.5 Å². The van der Waals surface area contributed by atoms with Crippen molar-refractivity contribution >= 4 is 17.3 Å². The number of nitrogen functional groups attached to an aromatic ring is 1. The summed E-state index contributed by atoms with van der Waals surface area (Å²) in [6.07, 6.45) is 1.38. The number of nitrogens with zero attached hydrogens (tertiary/aromatic N) is 3. The highest BCUT2D eigenvalue weighted by molar-refractivity contribution is 5.96. The van der Waals surface area contributed by atoms with Gasteiger partial charge in [0, 0.05) is 12.3 Å². The van der Waals surface area contributed by atoms with Crippen LogP contribution in [0.3, 0.4) is 0 Å². The fourth-order valence-corrected chi connectivity index (χ4v) is 2.48. The first-order valence-electron chi connectivity index (χ1n) is 6.57. The van der Waals surface area contributed by atoms with Crippen LogP contribution in [0, 0.1) is 35.3 Å². The van der Waals surface area contributed by atoms with Gasteiger partial charge in [-0.2, -0.15) is 5.26 Å². The Morgan fingerprint density at radius 2 is 2.09 bits per heavy atom. The van der Waals surface area contributed by atoms with Gasteiger partial charge in [0.2, 0.25) is 0 Å². The second kappa shape index (κ2) is 5.81. The molecule has 0 fully saturated rings. The minimum atomic E-state index is -0.727. The van der Waals surface area contributed by atoms with Crippen molar-refractivity contribution in [3.05, 3.63) is 50.8 Å². The molecule has 0 aliphatic rings. The second-order valence-corrected chi connectivity index (χ2v) is 4.91. The van der Waals surface area contributed by atoms with Crippen molar-refractivity contribution in [3.8, 4) is 11.8 Å². The molecule has 1 heterocycles. The van der Waals surface area contributed by atoms with E-state index in [0.717, 1.165) is 0 Å². The topological polar surface area (TPSA) is 124 Å². The molecule has 2 rings (SSSR count). The molecule has 8 nitrogen and oxygen atoms in total. The smallest absolute Gasteiger partial charge is 0.357 e. The van der Waals surface area contributed by atoms with Crippen LogP contribution in [0.1, 0.15) is 27.2 Å². The van der Waals surface area contributed by atoms with E-state index in [1.54, 1.807) is 19.9 Å². The summed E-state index contributed by atoms with van der Waals surface area (Å²) >= 11 is 0. The van der Waals surface area contributed by atoms with Crippen molar-refractivity contribution in [1.29, 1.82) is 5.26 Å². The molecule has 0 unspecified atom stereocenters. The van der Waals surface area contributed by atoms with E-state index < -0.39 is 10.9 Å². The van der Waals surface area contributed by atoms with Crippen molar-refractivity contribution in [2.45, 2.75) is 13.8 Å². The van der Waals surface area contributed by atoms with E-state index in [2.05, 4.69) is 0 Å². The monoisotopic (exact) mass is 314 g/mol. The van der Waals surface area contributed by atoms with Crippen LogP contribution >= 0.6 is 0 Å². The number of hydrogen-bond acceptors (Lipinski definition) is 6. The molecule has 0 atom stereocenters. The van der Waals surface area contributed by atoms with Gasteiger partial charge in [0.25, 0.3) is 5.69 Å². The van der Waals surface area contributed by atoms with Crippen molar-refractivity contribution in [2.24, 2.45) is 0 Å². The highest BCUT2D eigenvalue weighted by atomic mass is 16.6. The number of nitro benzene ring substituents is 1. The molecule has 8 heteroatoms. The van der Waals surface area contributed by atoms with Gasteiger partial charge in [-0.15, -0.1) is 0 Å². The average Bonchev–Trinajstić information content (AvgIpc) is 2.82. The predicted octanol–water partition coefficient (Wildman–Crippen LogP) is 2.24. The number of hydrogen-bond donors (Lipinski definition) is 1. The third-order valence-corrected chi connectivity index (χ3v) is 3.59. The lowest BCUT2D eigenvalue weighted by Gasteiger charge is -2.14. The Labute approximate surface area is 131 Å². The normalized spacial score (nSPS) is 10.2. The van der Waals surface area contributed by atoms with Crippen LogP contribution in [0.5, 0.6) is 0 Å². The Bertz CT molecular complexity index is 861. The summed E-state index contributed by atoms with van der Waals surface area (Å²) in [5.41, 5.74) is 7.27. The molecular formula is C15H14N4O4. The van der Waals surface area contributed by atoms with Crippen LogP contribution in [-0.2, 0) is 4.74 Å². The van der Waals surface area contributed by atoms with Gasteiger partial charge in [-0.1, -0.05) is 6.07 Å². The number of nitrogens with two attached hydrogens (primary N) is 1. The molecule has 1 aromatic carbocycles. The number of nitro groups is 1. The molecule has 118 valence electrons. The van der Waals surface area contributed by atoms with Gasteiger partial charge in [0.1, 0.15) is 6.07 Å². The van der Waals surface area contributed by atoms with E-state index in [-0.39, 0.29) is 22.6 Å². The minimum Gasteiger partial charge on any atom is -0.464 e. The molecule has 0 aliphatic carbocycles. The van der Waals surface area contributed by atoms with Crippen LogP contribution in [0.25, 0.3) is 5.69 Å². The van der Waals surface area contributed by atoms with E-state index >= 15 is 0 Å².